The Hall–Kier alpha value is -1.85. The van der Waals surface area contributed by atoms with Crippen LogP contribution in [-0.4, -0.2) is 41.6 Å². The Labute approximate surface area is 150 Å². The lowest BCUT2D eigenvalue weighted by Gasteiger charge is -2.31. The van der Waals surface area contributed by atoms with Crippen LogP contribution in [-0.2, 0) is 19.1 Å². The summed E-state index contributed by atoms with van der Waals surface area (Å²) in [6.45, 7) is 7.10. The SMILES string of the molecule is COC(=O)/C(C)=C/CCC[C@@H]1CCCCC(=O)N1C(=O)OC(C)(C)C. The van der Waals surface area contributed by atoms with E-state index in [0.717, 1.165) is 25.7 Å². The number of likely N-dealkylation sites (tertiary alicyclic amines) is 1. The number of ether oxygens (including phenoxy) is 2. The molecule has 0 aliphatic carbocycles. The molecule has 1 rings (SSSR count). The van der Waals surface area contributed by atoms with Crippen molar-refractivity contribution in [3.63, 3.8) is 0 Å². The summed E-state index contributed by atoms with van der Waals surface area (Å²) in [5.74, 6) is -0.488. The van der Waals surface area contributed by atoms with Crippen molar-refractivity contribution in [2.45, 2.75) is 84.3 Å². The van der Waals surface area contributed by atoms with Gasteiger partial charge in [-0.05, 0) is 59.8 Å². The maximum absolute atomic E-state index is 12.5. The lowest BCUT2D eigenvalue weighted by molar-refractivity contribution is -0.136. The number of imide groups is 1. The van der Waals surface area contributed by atoms with Crippen molar-refractivity contribution in [2.24, 2.45) is 0 Å². The molecule has 6 heteroatoms. The fourth-order valence-electron chi connectivity index (χ4n) is 2.86. The van der Waals surface area contributed by atoms with E-state index in [2.05, 4.69) is 4.74 Å². The number of esters is 1. The molecule has 0 N–H and O–H groups in total. The normalized spacial score (nSPS) is 19.4. The molecule has 0 spiro atoms. The molecule has 1 aliphatic heterocycles. The number of hydrogen-bond donors (Lipinski definition) is 0. The van der Waals surface area contributed by atoms with Crippen LogP contribution in [0.4, 0.5) is 4.79 Å². The summed E-state index contributed by atoms with van der Waals surface area (Å²) in [5.41, 5.74) is -0.0577. The highest BCUT2D eigenvalue weighted by atomic mass is 16.6. The lowest BCUT2D eigenvalue weighted by atomic mass is 10.0. The van der Waals surface area contributed by atoms with Gasteiger partial charge in [-0.3, -0.25) is 4.79 Å². The predicted octanol–water partition coefficient (Wildman–Crippen LogP) is 3.98. The third kappa shape index (κ3) is 7.28. The van der Waals surface area contributed by atoms with E-state index in [1.54, 1.807) is 27.7 Å². The Kier molecular flexibility index (Phi) is 8.13. The fourth-order valence-corrected chi connectivity index (χ4v) is 2.86. The minimum absolute atomic E-state index is 0.142. The number of unbranched alkanes of at least 4 members (excludes halogenated alkanes) is 1. The van der Waals surface area contributed by atoms with Gasteiger partial charge in [-0.1, -0.05) is 12.5 Å². The molecular formula is C19H31NO5. The highest BCUT2D eigenvalue weighted by Gasteiger charge is 2.34. The van der Waals surface area contributed by atoms with Crippen molar-refractivity contribution in [3.05, 3.63) is 11.6 Å². The molecule has 0 unspecified atom stereocenters. The standard InChI is InChI=1S/C19H31NO5/c1-14(17(22)24-5)10-6-7-11-15-12-8-9-13-16(21)20(15)18(23)25-19(2,3)4/h10,15H,6-9,11-13H2,1-5H3/b14-10+/t15-/m1/s1. The molecule has 0 bridgehead atoms. The van der Waals surface area contributed by atoms with Gasteiger partial charge >= 0.3 is 12.1 Å². The molecule has 1 fully saturated rings. The van der Waals surface area contributed by atoms with Gasteiger partial charge < -0.3 is 9.47 Å². The number of amides is 2. The number of nitrogens with zero attached hydrogens (tertiary/aromatic N) is 1. The van der Waals surface area contributed by atoms with Gasteiger partial charge in [-0.15, -0.1) is 0 Å². The fraction of sp³-hybridized carbons (Fsp3) is 0.737. The van der Waals surface area contributed by atoms with Crippen molar-refractivity contribution >= 4 is 18.0 Å². The zero-order chi connectivity index (χ0) is 19.0. The molecule has 1 atom stereocenters. The van der Waals surface area contributed by atoms with Gasteiger partial charge in [-0.2, -0.15) is 0 Å². The number of methoxy groups -OCH3 is 1. The van der Waals surface area contributed by atoms with Gasteiger partial charge in [0.25, 0.3) is 0 Å². The lowest BCUT2D eigenvalue weighted by Crippen LogP contribution is -2.46. The zero-order valence-corrected chi connectivity index (χ0v) is 16.1. The summed E-state index contributed by atoms with van der Waals surface area (Å²) >= 11 is 0. The van der Waals surface area contributed by atoms with Crippen LogP contribution in [0.25, 0.3) is 0 Å². The van der Waals surface area contributed by atoms with Crippen LogP contribution in [0.5, 0.6) is 0 Å². The predicted molar refractivity (Wildman–Crippen MR) is 95.0 cm³/mol. The largest absolute Gasteiger partial charge is 0.466 e. The molecular weight excluding hydrogens is 322 g/mol. The summed E-state index contributed by atoms with van der Waals surface area (Å²) in [6, 6.07) is -0.142. The first kappa shape index (κ1) is 21.2. The van der Waals surface area contributed by atoms with E-state index in [1.807, 2.05) is 6.08 Å². The second-order valence-electron chi connectivity index (χ2n) is 7.45. The van der Waals surface area contributed by atoms with E-state index < -0.39 is 11.7 Å². The van der Waals surface area contributed by atoms with Crippen molar-refractivity contribution in [3.8, 4) is 0 Å². The van der Waals surface area contributed by atoms with E-state index in [4.69, 9.17) is 4.74 Å². The second kappa shape index (κ2) is 9.59. The summed E-state index contributed by atoms with van der Waals surface area (Å²) in [7, 11) is 1.36. The molecule has 25 heavy (non-hydrogen) atoms. The van der Waals surface area contributed by atoms with Gasteiger partial charge in [0.05, 0.1) is 7.11 Å². The Morgan fingerprint density at radius 3 is 2.56 bits per heavy atom. The van der Waals surface area contributed by atoms with Gasteiger partial charge in [0, 0.05) is 18.0 Å². The molecule has 0 saturated carbocycles. The van der Waals surface area contributed by atoms with Crippen molar-refractivity contribution < 1.29 is 23.9 Å². The molecule has 1 heterocycles. The highest BCUT2D eigenvalue weighted by molar-refractivity contribution is 5.92. The third-order valence-electron chi connectivity index (χ3n) is 4.10. The zero-order valence-electron chi connectivity index (χ0n) is 16.1. The molecule has 2 amide bonds. The number of allylic oxidation sites excluding steroid dienone is 1. The first-order valence-electron chi connectivity index (χ1n) is 8.96. The summed E-state index contributed by atoms with van der Waals surface area (Å²) in [6.07, 6.45) is 6.38. The number of carbonyl (C=O) groups is 3. The van der Waals surface area contributed by atoms with Crippen LogP contribution in [0.1, 0.15) is 72.6 Å². The Bertz CT molecular complexity index is 518. The Balaban J connectivity index is 2.70. The van der Waals surface area contributed by atoms with E-state index in [0.29, 0.717) is 24.8 Å². The molecule has 6 nitrogen and oxygen atoms in total. The Morgan fingerprint density at radius 1 is 1.28 bits per heavy atom. The van der Waals surface area contributed by atoms with E-state index in [9.17, 15) is 14.4 Å². The van der Waals surface area contributed by atoms with Gasteiger partial charge in [0.15, 0.2) is 0 Å². The molecule has 0 radical (unpaired) electrons. The maximum atomic E-state index is 12.5. The molecule has 142 valence electrons. The molecule has 1 aliphatic rings. The first-order valence-corrected chi connectivity index (χ1v) is 8.96. The minimum Gasteiger partial charge on any atom is -0.466 e. The van der Waals surface area contributed by atoms with E-state index in [-0.39, 0.29) is 17.9 Å². The summed E-state index contributed by atoms with van der Waals surface area (Å²) in [4.78, 5) is 37.5. The summed E-state index contributed by atoms with van der Waals surface area (Å²) < 4.78 is 10.1. The average molecular weight is 353 g/mol. The number of carbonyl (C=O) groups excluding carboxylic acids is 3. The summed E-state index contributed by atoms with van der Waals surface area (Å²) in [5, 5.41) is 0. The number of rotatable bonds is 5. The molecule has 0 aromatic carbocycles. The van der Waals surface area contributed by atoms with Crippen molar-refractivity contribution in [2.75, 3.05) is 7.11 Å². The quantitative estimate of drug-likeness (QED) is 0.424. The molecule has 0 aromatic rings. The topological polar surface area (TPSA) is 72.9 Å². The Morgan fingerprint density at radius 2 is 1.96 bits per heavy atom. The molecule has 0 aromatic heterocycles. The van der Waals surface area contributed by atoms with Crippen LogP contribution in [0.15, 0.2) is 11.6 Å². The van der Waals surface area contributed by atoms with Crippen LogP contribution >= 0.6 is 0 Å². The number of hydrogen-bond acceptors (Lipinski definition) is 5. The van der Waals surface area contributed by atoms with Gasteiger partial charge in [0.1, 0.15) is 5.60 Å². The van der Waals surface area contributed by atoms with Crippen LogP contribution in [0.3, 0.4) is 0 Å². The molecule has 1 saturated heterocycles. The highest BCUT2D eigenvalue weighted by Crippen LogP contribution is 2.24. The van der Waals surface area contributed by atoms with Crippen LogP contribution in [0, 0.1) is 0 Å². The van der Waals surface area contributed by atoms with E-state index in [1.165, 1.54) is 12.0 Å². The monoisotopic (exact) mass is 353 g/mol. The van der Waals surface area contributed by atoms with Crippen molar-refractivity contribution in [1.82, 2.24) is 4.90 Å². The first-order chi connectivity index (χ1) is 11.7. The van der Waals surface area contributed by atoms with Gasteiger partial charge in [-0.25, -0.2) is 14.5 Å². The van der Waals surface area contributed by atoms with E-state index >= 15 is 0 Å². The average Bonchev–Trinajstić information content (AvgIpc) is 2.70. The smallest absolute Gasteiger partial charge is 0.417 e. The van der Waals surface area contributed by atoms with Gasteiger partial charge in [0.2, 0.25) is 5.91 Å². The van der Waals surface area contributed by atoms with Crippen LogP contribution < -0.4 is 0 Å². The third-order valence-corrected chi connectivity index (χ3v) is 4.10. The maximum Gasteiger partial charge on any atom is 0.417 e. The van der Waals surface area contributed by atoms with Crippen LogP contribution in [0.2, 0.25) is 0 Å². The minimum atomic E-state index is -0.630. The second-order valence-corrected chi connectivity index (χ2v) is 7.45. The van der Waals surface area contributed by atoms with Crippen molar-refractivity contribution in [1.29, 1.82) is 0 Å².